The van der Waals surface area contributed by atoms with Crippen molar-refractivity contribution >= 4 is 45.8 Å². The third kappa shape index (κ3) is 2.30. The maximum atomic E-state index is 13.3. The minimum atomic E-state index is -0.628. The number of halogens is 3. The third-order valence-corrected chi connectivity index (χ3v) is 3.71. The largest absolute Gasteiger partial charge is 0.330 e. The lowest BCUT2D eigenvalue weighted by Crippen LogP contribution is -1.96. The van der Waals surface area contributed by atoms with E-state index in [1.54, 1.807) is 4.57 Å². The molecular weight excluding hydrogens is 381 g/mol. The number of aromatic nitrogens is 2. The van der Waals surface area contributed by atoms with Crippen LogP contribution in [0.2, 0.25) is 0 Å². The first-order chi connectivity index (χ1) is 9.04. The van der Waals surface area contributed by atoms with Crippen molar-refractivity contribution in [2.24, 2.45) is 0 Å². The molecule has 19 heavy (non-hydrogen) atoms. The van der Waals surface area contributed by atoms with Gasteiger partial charge in [0.05, 0.1) is 16.7 Å². The second kappa shape index (κ2) is 4.68. The van der Waals surface area contributed by atoms with E-state index in [0.717, 1.165) is 20.7 Å². The van der Waals surface area contributed by atoms with Crippen molar-refractivity contribution in [3.8, 4) is 5.69 Å². The molecule has 3 aromatic rings. The van der Waals surface area contributed by atoms with Crippen LogP contribution in [0, 0.1) is 20.0 Å². The molecule has 6 heteroatoms. The average Bonchev–Trinajstić information content (AvgIpc) is 2.62. The Morgan fingerprint density at radius 1 is 1.05 bits per heavy atom. The van der Waals surface area contributed by atoms with Crippen molar-refractivity contribution in [3.63, 3.8) is 0 Å². The molecule has 0 radical (unpaired) electrons. The maximum Gasteiger partial charge on any atom is 0.182 e. The molecule has 0 amide bonds. The van der Waals surface area contributed by atoms with Crippen LogP contribution in [0.25, 0.3) is 16.7 Å². The van der Waals surface area contributed by atoms with Crippen molar-refractivity contribution < 1.29 is 8.78 Å². The lowest BCUT2D eigenvalue weighted by molar-refractivity contribution is 0.581. The summed E-state index contributed by atoms with van der Waals surface area (Å²) in [5, 5.41) is 0. The topological polar surface area (TPSA) is 20.7 Å². The summed E-state index contributed by atoms with van der Waals surface area (Å²) in [6.07, 6.45) is 0. The summed E-state index contributed by atoms with van der Waals surface area (Å²) in [6, 6.07) is 9.06. The van der Waals surface area contributed by atoms with Crippen molar-refractivity contribution in [2.45, 2.75) is 0 Å². The molecule has 0 atom stereocenters. The zero-order valence-corrected chi connectivity index (χ0v) is 12.4. The van der Waals surface area contributed by atoms with Crippen LogP contribution in [0.4, 0.5) is 8.78 Å². The molecule has 0 saturated carbocycles. The number of fused-ring (bicyclic) bond motifs is 1. The van der Waals surface area contributed by atoms with Crippen molar-refractivity contribution in [1.82, 2.24) is 9.55 Å². The van der Waals surface area contributed by atoms with E-state index in [1.165, 1.54) is 12.1 Å². The zero-order valence-electron chi connectivity index (χ0n) is 9.45. The van der Waals surface area contributed by atoms with Gasteiger partial charge in [0.1, 0.15) is 11.6 Å². The fourth-order valence-electron chi connectivity index (χ4n) is 2.01. The number of rotatable bonds is 1. The van der Waals surface area contributed by atoms with Crippen LogP contribution < -0.4 is 0 Å². The molecule has 0 aliphatic rings. The quantitative estimate of drug-likeness (QED) is 0.479. The molecule has 2 nitrogen and oxygen atoms in total. The van der Waals surface area contributed by atoms with E-state index < -0.39 is 11.6 Å². The van der Waals surface area contributed by atoms with Crippen molar-refractivity contribution in [1.29, 1.82) is 0 Å². The van der Waals surface area contributed by atoms with Gasteiger partial charge >= 0.3 is 0 Å². The van der Waals surface area contributed by atoms with E-state index in [1.807, 2.05) is 18.2 Å². The Bertz CT molecular complexity index is 818. The van der Waals surface area contributed by atoms with Crippen LogP contribution >= 0.6 is 34.8 Å². The van der Waals surface area contributed by atoms with Gasteiger partial charge in [-0.15, -0.1) is 0 Å². The molecule has 0 bridgehead atoms. The Morgan fingerprint density at radius 2 is 1.74 bits per heavy atom. The van der Waals surface area contributed by atoms with E-state index in [0.29, 0.717) is 10.5 Å². The molecule has 0 aliphatic heterocycles. The summed E-state index contributed by atoms with van der Waals surface area (Å²) in [4.78, 5) is 3.03. The maximum absolute atomic E-state index is 13.3. The molecule has 2 aromatic carbocycles. The minimum Gasteiger partial charge on any atom is -0.330 e. The van der Waals surface area contributed by atoms with E-state index in [9.17, 15) is 8.78 Å². The Balaban J connectivity index is 2.36. The lowest BCUT2D eigenvalue weighted by atomic mass is 10.2. The highest BCUT2D eigenvalue weighted by Crippen LogP contribution is 2.22. The van der Waals surface area contributed by atoms with E-state index in [4.69, 9.17) is 12.2 Å². The van der Waals surface area contributed by atoms with Gasteiger partial charge in [-0.25, -0.2) is 8.78 Å². The molecule has 0 aliphatic carbocycles. The highest BCUT2D eigenvalue weighted by atomic mass is 127. The van der Waals surface area contributed by atoms with Gasteiger partial charge in [0.2, 0.25) is 0 Å². The van der Waals surface area contributed by atoms with Gasteiger partial charge in [-0.3, -0.25) is 4.57 Å². The van der Waals surface area contributed by atoms with Gasteiger partial charge < -0.3 is 4.98 Å². The Kier molecular flexibility index (Phi) is 3.14. The average molecular weight is 388 g/mol. The number of imidazole rings is 1. The third-order valence-electron chi connectivity index (χ3n) is 2.75. The van der Waals surface area contributed by atoms with Crippen LogP contribution in [-0.4, -0.2) is 9.55 Å². The van der Waals surface area contributed by atoms with Gasteiger partial charge in [0, 0.05) is 9.64 Å². The molecule has 0 spiro atoms. The predicted octanol–water partition coefficient (Wildman–Crippen LogP) is 4.57. The standard InChI is InChI=1S/C13H7F2IN2S/c14-7-3-8(15)5-10(4-7)18-12-2-1-9(16)6-11(12)17-13(18)19/h1-6H,(H,17,19). The molecule has 1 N–H and O–H groups in total. The molecule has 3 rings (SSSR count). The summed E-state index contributed by atoms with van der Waals surface area (Å²) in [5.41, 5.74) is 1.99. The fourth-order valence-corrected chi connectivity index (χ4v) is 2.81. The normalized spacial score (nSPS) is 11.1. The molecule has 1 aromatic heterocycles. The monoisotopic (exact) mass is 388 g/mol. The Hall–Kier alpha value is -1.28. The highest BCUT2D eigenvalue weighted by Gasteiger charge is 2.09. The molecule has 0 saturated heterocycles. The molecule has 0 unspecified atom stereocenters. The molecule has 96 valence electrons. The highest BCUT2D eigenvalue weighted by molar-refractivity contribution is 14.1. The first-order valence-corrected chi connectivity index (χ1v) is 6.90. The number of H-pyrrole nitrogens is 1. The SMILES string of the molecule is Fc1cc(F)cc(-n2c(=S)[nH]c3cc(I)ccc32)c1. The first kappa shape index (κ1) is 12.7. The van der Waals surface area contributed by atoms with E-state index in [-0.39, 0.29) is 0 Å². The van der Waals surface area contributed by atoms with Gasteiger partial charge in [-0.2, -0.15) is 0 Å². The number of hydrogen-bond acceptors (Lipinski definition) is 1. The van der Waals surface area contributed by atoms with Crippen LogP contribution in [0.3, 0.4) is 0 Å². The fraction of sp³-hybridized carbons (Fsp3) is 0. The van der Waals surface area contributed by atoms with E-state index in [2.05, 4.69) is 27.6 Å². The van der Waals surface area contributed by atoms with Crippen LogP contribution in [-0.2, 0) is 0 Å². The minimum absolute atomic E-state index is 0.370. The summed E-state index contributed by atoms with van der Waals surface area (Å²) in [6.45, 7) is 0. The summed E-state index contributed by atoms with van der Waals surface area (Å²) >= 11 is 7.42. The number of nitrogens with one attached hydrogen (secondary N) is 1. The Morgan fingerprint density at radius 3 is 2.42 bits per heavy atom. The van der Waals surface area contributed by atoms with Crippen molar-refractivity contribution in [2.75, 3.05) is 0 Å². The summed E-state index contributed by atoms with van der Waals surface area (Å²) < 4.78 is 29.7. The number of aromatic amines is 1. The number of benzene rings is 2. The predicted molar refractivity (Wildman–Crippen MR) is 81.1 cm³/mol. The molecule has 1 heterocycles. The molecular formula is C13H7F2IN2S. The lowest BCUT2D eigenvalue weighted by Gasteiger charge is -2.05. The summed E-state index contributed by atoms with van der Waals surface area (Å²) in [7, 11) is 0. The number of nitrogens with zero attached hydrogens (tertiary/aromatic N) is 1. The number of hydrogen-bond donors (Lipinski definition) is 1. The van der Waals surface area contributed by atoms with Crippen LogP contribution in [0.15, 0.2) is 36.4 Å². The van der Waals surface area contributed by atoms with Gasteiger partial charge in [-0.05, 0) is 65.1 Å². The second-order valence-electron chi connectivity index (χ2n) is 4.05. The smallest absolute Gasteiger partial charge is 0.182 e. The van der Waals surface area contributed by atoms with Gasteiger partial charge in [0.25, 0.3) is 0 Å². The first-order valence-electron chi connectivity index (χ1n) is 5.41. The Labute approximate surface area is 126 Å². The second-order valence-corrected chi connectivity index (χ2v) is 5.69. The zero-order chi connectivity index (χ0) is 13.6. The van der Waals surface area contributed by atoms with Gasteiger partial charge in [-0.1, -0.05) is 0 Å². The van der Waals surface area contributed by atoms with Crippen molar-refractivity contribution in [3.05, 3.63) is 56.4 Å². The van der Waals surface area contributed by atoms with E-state index >= 15 is 0 Å². The van der Waals surface area contributed by atoms with Gasteiger partial charge in [0.15, 0.2) is 4.77 Å². The van der Waals surface area contributed by atoms with Crippen LogP contribution in [0.1, 0.15) is 0 Å². The summed E-state index contributed by atoms with van der Waals surface area (Å²) in [5.74, 6) is -1.26. The van der Waals surface area contributed by atoms with Crippen LogP contribution in [0.5, 0.6) is 0 Å². The molecule has 0 fully saturated rings.